The van der Waals surface area contributed by atoms with Crippen molar-refractivity contribution >= 4 is 10.8 Å². The van der Waals surface area contributed by atoms with Gasteiger partial charge in [-0.15, -0.1) is 0 Å². The molecular weight excluding hydrogens is 222 g/mol. The third kappa shape index (κ3) is 4.52. The van der Waals surface area contributed by atoms with E-state index in [1.807, 2.05) is 6.92 Å². The van der Waals surface area contributed by atoms with Gasteiger partial charge in [0.2, 0.25) is 0 Å². The van der Waals surface area contributed by atoms with Gasteiger partial charge in [0.1, 0.15) is 0 Å². The van der Waals surface area contributed by atoms with E-state index in [2.05, 4.69) is 5.32 Å². The number of rotatable bonds is 6. The Morgan fingerprint density at radius 2 is 2.12 bits per heavy atom. The van der Waals surface area contributed by atoms with Gasteiger partial charge >= 0.3 is 0 Å². The highest BCUT2D eigenvalue weighted by Crippen LogP contribution is 2.20. The maximum atomic E-state index is 11.2. The molecule has 0 spiro atoms. The van der Waals surface area contributed by atoms with E-state index in [1.165, 1.54) is 25.7 Å². The van der Waals surface area contributed by atoms with Crippen LogP contribution in [-0.4, -0.2) is 41.5 Å². The van der Waals surface area contributed by atoms with Crippen molar-refractivity contribution < 1.29 is 8.95 Å². The average Bonchev–Trinajstić information content (AvgIpc) is 2.29. The molecule has 1 aliphatic rings. The lowest BCUT2D eigenvalue weighted by Crippen LogP contribution is -2.44. The lowest BCUT2D eigenvalue weighted by atomic mass is 9.92. The Morgan fingerprint density at radius 3 is 2.75 bits per heavy atom. The fourth-order valence-electron chi connectivity index (χ4n) is 2.25. The molecule has 0 aliphatic heterocycles. The van der Waals surface area contributed by atoms with Crippen molar-refractivity contribution in [2.75, 3.05) is 19.9 Å². The van der Waals surface area contributed by atoms with Gasteiger partial charge in [0.05, 0.1) is 6.10 Å². The summed E-state index contributed by atoms with van der Waals surface area (Å²) in [7, 11) is 1.10. The van der Waals surface area contributed by atoms with Gasteiger partial charge < -0.3 is 10.1 Å². The molecular formula is C12H25NO2S. The minimum atomic E-state index is -0.699. The van der Waals surface area contributed by atoms with Gasteiger partial charge in [-0.2, -0.15) is 0 Å². The third-order valence-corrected chi connectivity index (χ3v) is 4.90. The predicted octanol–water partition coefficient (Wildman–Crippen LogP) is 1.69. The van der Waals surface area contributed by atoms with E-state index in [0.717, 1.165) is 13.0 Å². The Morgan fingerprint density at radius 1 is 1.44 bits per heavy atom. The molecule has 0 aromatic carbocycles. The van der Waals surface area contributed by atoms with Crippen molar-refractivity contribution in [2.24, 2.45) is 0 Å². The lowest BCUT2D eigenvalue weighted by molar-refractivity contribution is 0.0419. The molecule has 0 heterocycles. The zero-order valence-corrected chi connectivity index (χ0v) is 11.5. The van der Waals surface area contributed by atoms with Crippen LogP contribution in [0.3, 0.4) is 0 Å². The molecule has 96 valence electrons. The average molecular weight is 247 g/mol. The smallest absolute Gasteiger partial charge is 0.0724 e. The zero-order valence-electron chi connectivity index (χ0n) is 10.7. The van der Waals surface area contributed by atoms with E-state index in [9.17, 15) is 4.21 Å². The fourth-order valence-corrected chi connectivity index (χ4v) is 2.70. The first-order valence-electron chi connectivity index (χ1n) is 6.23. The molecule has 0 radical (unpaired) electrons. The van der Waals surface area contributed by atoms with Gasteiger partial charge in [-0.1, -0.05) is 19.8 Å². The quantitative estimate of drug-likeness (QED) is 0.776. The van der Waals surface area contributed by atoms with Crippen LogP contribution in [0.5, 0.6) is 0 Å². The van der Waals surface area contributed by atoms with Crippen molar-refractivity contribution in [3.05, 3.63) is 0 Å². The summed E-state index contributed by atoms with van der Waals surface area (Å²) in [6, 6.07) is 0.497. The Kier molecular flexibility index (Phi) is 6.54. The van der Waals surface area contributed by atoms with Crippen LogP contribution in [0.4, 0.5) is 0 Å². The second-order valence-electron chi connectivity index (χ2n) is 4.72. The number of hydrogen-bond acceptors (Lipinski definition) is 3. The molecule has 1 saturated carbocycles. The second-order valence-corrected chi connectivity index (χ2v) is 6.52. The van der Waals surface area contributed by atoms with Crippen LogP contribution in [0.2, 0.25) is 0 Å². The first-order valence-corrected chi connectivity index (χ1v) is 7.85. The summed E-state index contributed by atoms with van der Waals surface area (Å²) in [6.07, 6.45) is 8.10. The number of hydrogen-bond donors (Lipinski definition) is 1. The van der Waals surface area contributed by atoms with Crippen molar-refractivity contribution in [1.82, 2.24) is 5.32 Å². The van der Waals surface area contributed by atoms with Gasteiger partial charge in [0, 0.05) is 35.5 Å². The van der Waals surface area contributed by atoms with Crippen molar-refractivity contribution in [1.29, 1.82) is 0 Å². The molecule has 1 aliphatic carbocycles. The summed E-state index contributed by atoms with van der Waals surface area (Å²) < 4.78 is 16.7. The molecule has 1 N–H and O–H groups in total. The highest BCUT2D eigenvalue weighted by atomic mass is 32.2. The molecule has 4 unspecified atom stereocenters. The van der Waals surface area contributed by atoms with E-state index in [1.54, 1.807) is 13.4 Å². The molecule has 4 atom stereocenters. The van der Waals surface area contributed by atoms with Crippen LogP contribution in [-0.2, 0) is 15.5 Å². The Bertz CT molecular complexity index is 223. The van der Waals surface area contributed by atoms with E-state index < -0.39 is 10.8 Å². The van der Waals surface area contributed by atoms with Crippen LogP contribution in [0.15, 0.2) is 0 Å². The first-order chi connectivity index (χ1) is 7.65. The highest BCUT2D eigenvalue weighted by Gasteiger charge is 2.24. The minimum Gasteiger partial charge on any atom is -0.380 e. The van der Waals surface area contributed by atoms with Crippen molar-refractivity contribution in [2.45, 2.75) is 56.4 Å². The predicted molar refractivity (Wildman–Crippen MR) is 69.2 cm³/mol. The molecule has 4 heteroatoms. The molecule has 1 fully saturated rings. The minimum absolute atomic E-state index is 0.289. The molecule has 3 nitrogen and oxygen atoms in total. The number of methoxy groups -OCH3 is 1. The second kappa shape index (κ2) is 7.41. The van der Waals surface area contributed by atoms with Crippen molar-refractivity contribution in [3.8, 4) is 0 Å². The zero-order chi connectivity index (χ0) is 12.0. The van der Waals surface area contributed by atoms with Crippen LogP contribution in [0.25, 0.3) is 0 Å². The monoisotopic (exact) mass is 247 g/mol. The van der Waals surface area contributed by atoms with Gasteiger partial charge in [-0.05, 0) is 25.8 Å². The van der Waals surface area contributed by atoms with Crippen LogP contribution in [0.1, 0.15) is 39.0 Å². The van der Waals surface area contributed by atoms with Gasteiger partial charge in [-0.25, -0.2) is 0 Å². The normalized spacial score (nSPS) is 29.9. The Hall–Kier alpha value is 0.0700. The fraction of sp³-hybridized carbons (Fsp3) is 1.00. The van der Waals surface area contributed by atoms with Crippen LogP contribution >= 0.6 is 0 Å². The van der Waals surface area contributed by atoms with E-state index in [4.69, 9.17) is 4.74 Å². The van der Waals surface area contributed by atoms with Gasteiger partial charge in [0.15, 0.2) is 0 Å². The summed E-state index contributed by atoms with van der Waals surface area (Å²) in [5.74, 6) is 0. The highest BCUT2D eigenvalue weighted by molar-refractivity contribution is 7.84. The van der Waals surface area contributed by atoms with E-state index >= 15 is 0 Å². The Labute approximate surface area is 102 Å². The maximum absolute atomic E-state index is 11.2. The molecule has 0 bridgehead atoms. The summed E-state index contributed by atoms with van der Waals surface area (Å²) >= 11 is 0. The van der Waals surface area contributed by atoms with Crippen LogP contribution < -0.4 is 5.32 Å². The summed E-state index contributed by atoms with van der Waals surface area (Å²) in [5, 5.41) is 3.84. The van der Waals surface area contributed by atoms with E-state index in [-0.39, 0.29) is 5.25 Å². The third-order valence-electron chi connectivity index (χ3n) is 3.53. The van der Waals surface area contributed by atoms with Gasteiger partial charge in [-0.3, -0.25) is 4.21 Å². The molecule has 0 aromatic rings. The van der Waals surface area contributed by atoms with E-state index in [0.29, 0.717) is 12.1 Å². The topological polar surface area (TPSA) is 38.3 Å². The molecule has 0 saturated heterocycles. The summed E-state index contributed by atoms with van der Waals surface area (Å²) in [6.45, 7) is 3.00. The molecule has 16 heavy (non-hydrogen) atoms. The maximum Gasteiger partial charge on any atom is 0.0724 e. The summed E-state index contributed by atoms with van der Waals surface area (Å²) in [5.41, 5.74) is 0. The first kappa shape index (κ1) is 14.1. The molecule has 0 aromatic heterocycles. The molecule has 0 amide bonds. The standard InChI is InChI=1S/C12H25NO2S/c1-10(16(3)14)8-9-13-11-6-4-5-7-12(11)15-2/h10-13H,4-9H2,1-3H3. The lowest BCUT2D eigenvalue weighted by Gasteiger charge is -2.31. The number of nitrogens with one attached hydrogen (secondary N) is 1. The SMILES string of the molecule is COC1CCCCC1NCCC(C)S(C)=O. The Balaban J connectivity index is 2.22. The van der Waals surface area contributed by atoms with Gasteiger partial charge in [0.25, 0.3) is 0 Å². The number of ether oxygens (including phenoxy) is 1. The summed E-state index contributed by atoms with van der Waals surface area (Å²) in [4.78, 5) is 0. The molecule has 1 rings (SSSR count). The van der Waals surface area contributed by atoms with Crippen molar-refractivity contribution in [3.63, 3.8) is 0 Å². The van der Waals surface area contributed by atoms with Crippen LogP contribution in [0, 0.1) is 0 Å². The largest absolute Gasteiger partial charge is 0.380 e.